The summed E-state index contributed by atoms with van der Waals surface area (Å²) < 4.78 is 13.4. The second-order valence-corrected chi connectivity index (χ2v) is 7.90. The molecule has 0 radical (unpaired) electrons. The third kappa shape index (κ3) is 3.95. The van der Waals surface area contributed by atoms with Gasteiger partial charge >= 0.3 is 11.7 Å². The normalized spacial score (nSPS) is 15.0. The molecule has 0 spiro atoms. The molecule has 170 valence electrons. The third-order valence-electron chi connectivity index (χ3n) is 5.85. The first-order chi connectivity index (χ1) is 15.8. The highest BCUT2D eigenvalue weighted by Crippen LogP contribution is 2.40. The Bertz CT molecular complexity index is 1370. The van der Waals surface area contributed by atoms with Crippen molar-refractivity contribution in [3.63, 3.8) is 0 Å². The number of nitrogens with zero attached hydrogens (tertiary/aromatic N) is 2. The standard InChI is InChI=1S/C25H25N3O5/c1-15-19(24(30)33-14-16-9-6-5-7-10-16)20(17-11-8-12-18(13-17)32-4)21-22(26-15)27(2)25(31)28(3)23(21)29/h5-13,20,26H,14H2,1-4H3. The SMILES string of the molecule is COc1cccc(C2C(C(=O)OCc3ccccc3)=C(C)Nc3c2c(=O)n(C)c(=O)n3C)c1. The minimum atomic E-state index is -0.745. The van der Waals surface area contributed by atoms with Crippen LogP contribution in [-0.2, 0) is 30.2 Å². The lowest BCUT2D eigenvalue weighted by Crippen LogP contribution is -2.43. The molecule has 2 aromatic carbocycles. The van der Waals surface area contributed by atoms with Gasteiger partial charge in [-0.2, -0.15) is 0 Å². The van der Waals surface area contributed by atoms with Gasteiger partial charge in [0.25, 0.3) is 5.56 Å². The van der Waals surface area contributed by atoms with Crippen LogP contribution in [-0.4, -0.2) is 22.2 Å². The van der Waals surface area contributed by atoms with Crippen LogP contribution in [0.3, 0.4) is 0 Å². The summed E-state index contributed by atoms with van der Waals surface area (Å²) in [5.74, 6) is -0.347. The van der Waals surface area contributed by atoms with Gasteiger partial charge in [-0.1, -0.05) is 42.5 Å². The highest BCUT2D eigenvalue weighted by atomic mass is 16.5. The molecule has 2 heterocycles. The number of carbonyl (C=O) groups excluding carboxylic acids is 1. The number of esters is 1. The number of hydrogen-bond donors (Lipinski definition) is 1. The van der Waals surface area contributed by atoms with E-state index < -0.39 is 23.1 Å². The van der Waals surface area contributed by atoms with Gasteiger partial charge in [0.05, 0.1) is 24.2 Å². The van der Waals surface area contributed by atoms with Crippen molar-refractivity contribution in [1.29, 1.82) is 0 Å². The Morgan fingerprint density at radius 3 is 2.45 bits per heavy atom. The first-order valence-electron chi connectivity index (χ1n) is 10.5. The van der Waals surface area contributed by atoms with E-state index in [0.29, 0.717) is 34.0 Å². The Morgan fingerprint density at radius 1 is 1.03 bits per heavy atom. The molecule has 8 nitrogen and oxygen atoms in total. The maximum Gasteiger partial charge on any atom is 0.337 e. The zero-order chi connectivity index (χ0) is 23.7. The van der Waals surface area contributed by atoms with Gasteiger partial charge in [-0.15, -0.1) is 0 Å². The smallest absolute Gasteiger partial charge is 0.337 e. The molecule has 1 N–H and O–H groups in total. The second kappa shape index (κ2) is 8.82. The van der Waals surface area contributed by atoms with Crippen LogP contribution in [0.5, 0.6) is 5.75 Å². The molecule has 0 bridgehead atoms. The van der Waals surface area contributed by atoms with Crippen molar-refractivity contribution >= 4 is 11.8 Å². The fourth-order valence-electron chi connectivity index (χ4n) is 4.11. The molecule has 1 aliphatic heterocycles. The summed E-state index contributed by atoms with van der Waals surface area (Å²) in [5.41, 5.74) is 1.71. The average molecular weight is 447 g/mol. The maximum absolute atomic E-state index is 13.3. The van der Waals surface area contributed by atoms with Crippen molar-refractivity contribution in [3.05, 3.63) is 103 Å². The van der Waals surface area contributed by atoms with Crippen LogP contribution in [0, 0.1) is 0 Å². The maximum atomic E-state index is 13.3. The van der Waals surface area contributed by atoms with Crippen LogP contribution in [0.25, 0.3) is 0 Å². The van der Waals surface area contributed by atoms with Gasteiger partial charge < -0.3 is 14.8 Å². The molecule has 0 saturated carbocycles. The average Bonchev–Trinajstić information content (AvgIpc) is 2.84. The number of nitrogens with one attached hydrogen (secondary N) is 1. The summed E-state index contributed by atoms with van der Waals surface area (Å²) in [5, 5.41) is 3.09. The lowest BCUT2D eigenvalue weighted by molar-refractivity contribution is -0.140. The Kier molecular flexibility index (Phi) is 5.91. The number of methoxy groups -OCH3 is 1. The summed E-state index contributed by atoms with van der Waals surface area (Å²) in [6, 6.07) is 16.6. The summed E-state index contributed by atoms with van der Waals surface area (Å²) in [6.07, 6.45) is 0. The Balaban J connectivity index is 1.87. The highest BCUT2D eigenvalue weighted by Gasteiger charge is 2.37. The topological polar surface area (TPSA) is 91.6 Å². The van der Waals surface area contributed by atoms with E-state index in [1.807, 2.05) is 36.4 Å². The number of fused-ring (bicyclic) bond motifs is 1. The van der Waals surface area contributed by atoms with Crippen LogP contribution < -0.4 is 21.3 Å². The lowest BCUT2D eigenvalue weighted by Gasteiger charge is -2.31. The first kappa shape index (κ1) is 22.1. The number of ether oxygens (including phenoxy) is 2. The minimum absolute atomic E-state index is 0.0967. The van der Waals surface area contributed by atoms with Crippen LogP contribution in [0.2, 0.25) is 0 Å². The Labute approximate surface area is 190 Å². The van der Waals surface area contributed by atoms with Gasteiger partial charge in [-0.3, -0.25) is 13.9 Å². The molecule has 8 heteroatoms. The van der Waals surface area contributed by atoms with Crippen molar-refractivity contribution < 1.29 is 14.3 Å². The van der Waals surface area contributed by atoms with E-state index in [2.05, 4.69) is 5.32 Å². The summed E-state index contributed by atoms with van der Waals surface area (Å²) in [4.78, 5) is 39.2. The van der Waals surface area contributed by atoms with Gasteiger partial charge in [-0.05, 0) is 30.2 Å². The fourth-order valence-corrected chi connectivity index (χ4v) is 4.11. The molecule has 1 aliphatic rings. The number of rotatable bonds is 5. The van der Waals surface area contributed by atoms with Crippen LogP contribution in [0.15, 0.2) is 75.5 Å². The molecule has 1 unspecified atom stereocenters. The van der Waals surface area contributed by atoms with Crippen molar-refractivity contribution in [1.82, 2.24) is 9.13 Å². The van der Waals surface area contributed by atoms with Crippen molar-refractivity contribution in [2.24, 2.45) is 14.1 Å². The van der Waals surface area contributed by atoms with E-state index in [4.69, 9.17) is 9.47 Å². The van der Waals surface area contributed by atoms with Crippen LogP contribution in [0.1, 0.15) is 29.5 Å². The van der Waals surface area contributed by atoms with Crippen LogP contribution >= 0.6 is 0 Å². The fraction of sp³-hybridized carbons (Fsp3) is 0.240. The van der Waals surface area contributed by atoms with E-state index in [9.17, 15) is 14.4 Å². The predicted octanol–water partition coefficient (Wildman–Crippen LogP) is 2.67. The van der Waals surface area contributed by atoms with E-state index in [0.717, 1.165) is 10.1 Å². The zero-order valence-electron chi connectivity index (χ0n) is 18.9. The van der Waals surface area contributed by atoms with Gasteiger partial charge in [0.1, 0.15) is 18.2 Å². The summed E-state index contributed by atoms with van der Waals surface area (Å²) >= 11 is 0. The molecular formula is C25H25N3O5. The molecular weight excluding hydrogens is 422 g/mol. The summed E-state index contributed by atoms with van der Waals surface area (Å²) in [6.45, 7) is 1.83. The monoisotopic (exact) mass is 447 g/mol. The highest BCUT2D eigenvalue weighted by molar-refractivity contribution is 5.94. The van der Waals surface area contributed by atoms with Crippen LogP contribution in [0.4, 0.5) is 5.82 Å². The van der Waals surface area contributed by atoms with E-state index in [-0.39, 0.29) is 6.61 Å². The number of aromatic nitrogens is 2. The van der Waals surface area contributed by atoms with Crippen molar-refractivity contribution in [2.45, 2.75) is 19.4 Å². The molecule has 33 heavy (non-hydrogen) atoms. The molecule has 3 aromatic rings. The lowest BCUT2D eigenvalue weighted by atomic mass is 9.82. The summed E-state index contributed by atoms with van der Waals surface area (Å²) in [7, 11) is 4.56. The predicted molar refractivity (Wildman–Crippen MR) is 124 cm³/mol. The molecule has 0 saturated heterocycles. The zero-order valence-corrected chi connectivity index (χ0v) is 18.9. The quantitative estimate of drug-likeness (QED) is 0.605. The van der Waals surface area contributed by atoms with Gasteiger partial charge in [-0.25, -0.2) is 9.59 Å². The molecule has 0 fully saturated rings. The molecule has 1 atom stereocenters. The number of benzene rings is 2. The van der Waals surface area contributed by atoms with Gasteiger partial charge in [0.2, 0.25) is 0 Å². The number of carbonyl (C=O) groups is 1. The number of allylic oxidation sites excluding steroid dienone is 1. The van der Waals surface area contributed by atoms with Crippen molar-refractivity contribution in [2.75, 3.05) is 12.4 Å². The van der Waals surface area contributed by atoms with Gasteiger partial charge in [0, 0.05) is 19.8 Å². The molecule has 1 aromatic heterocycles. The largest absolute Gasteiger partial charge is 0.497 e. The van der Waals surface area contributed by atoms with E-state index >= 15 is 0 Å². The molecule has 0 aliphatic carbocycles. The second-order valence-electron chi connectivity index (χ2n) is 7.90. The number of hydrogen-bond acceptors (Lipinski definition) is 6. The van der Waals surface area contributed by atoms with E-state index in [1.54, 1.807) is 39.3 Å². The minimum Gasteiger partial charge on any atom is -0.497 e. The van der Waals surface area contributed by atoms with Gasteiger partial charge in [0.15, 0.2) is 0 Å². The van der Waals surface area contributed by atoms with E-state index in [1.165, 1.54) is 11.6 Å². The molecule has 0 amide bonds. The molecule has 4 rings (SSSR count). The van der Waals surface area contributed by atoms with Crippen molar-refractivity contribution in [3.8, 4) is 5.75 Å². The Hall–Kier alpha value is -4.07. The third-order valence-corrected chi connectivity index (χ3v) is 5.85. The number of anilines is 1. The Morgan fingerprint density at radius 2 is 1.76 bits per heavy atom. The first-order valence-corrected chi connectivity index (χ1v) is 10.5.